The average Bonchev–Trinajstić information content (AvgIpc) is 2.62. The van der Waals surface area contributed by atoms with Crippen LogP contribution >= 0.6 is 0 Å². The van der Waals surface area contributed by atoms with Crippen molar-refractivity contribution in [2.75, 3.05) is 0 Å². The van der Waals surface area contributed by atoms with Gasteiger partial charge < -0.3 is 5.73 Å². The summed E-state index contributed by atoms with van der Waals surface area (Å²) in [5.41, 5.74) is 5.58. The van der Waals surface area contributed by atoms with E-state index in [9.17, 15) is 20.2 Å². The van der Waals surface area contributed by atoms with Crippen LogP contribution in [0.15, 0.2) is 47.2 Å². The summed E-state index contributed by atoms with van der Waals surface area (Å²) >= 11 is 0. The second kappa shape index (κ2) is 6.08. The van der Waals surface area contributed by atoms with Crippen LogP contribution in [0.4, 0.5) is 4.39 Å². The molecule has 2 aliphatic carbocycles. The Kier molecular flexibility index (Phi) is 4.07. The van der Waals surface area contributed by atoms with E-state index in [1.807, 2.05) is 18.2 Å². The SMILES string of the molecule is CC1CC=C2C(C1)C(c1ccccc1F)C(C#N)=C(N)C2(C#N)C#N. The monoisotopic (exact) mass is 332 g/mol. The third kappa shape index (κ3) is 2.31. The van der Waals surface area contributed by atoms with Crippen LogP contribution in [0.5, 0.6) is 0 Å². The highest BCUT2D eigenvalue weighted by molar-refractivity contribution is 5.58. The quantitative estimate of drug-likeness (QED) is 0.793. The zero-order chi connectivity index (χ0) is 18.2. The molecule has 3 rings (SSSR count). The number of benzene rings is 1. The van der Waals surface area contributed by atoms with Gasteiger partial charge in [0, 0.05) is 5.92 Å². The second-order valence-electron chi connectivity index (χ2n) is 6.75. The fraction of sp³-hybridized carbons (Fsp3) is 0.350. The van der Waals surface area contributed by atoms with Gasteiger partial charge in [-0.3, -0.25) is 0 Å². The Morgan fingerprint density at radius 2 is 1.88 bits per heavy atom. The van der Waals surface area contributed by atoms with Crippen molar-refractivity contribution in [1.29, 1.82) is 15.8 Å². The lowest BCUT2D eigenvalue weighted by atomic mass is 9.57. The zero-order valence-corrected chi connectivity index (χ0v) is 13.8. The van der Waals surface area contributed by atoms with Crippen LogP contribution in [0.25, 0.3) is 0 Å². The van der Waals surface area contributed by atoms with E-state index in [-0.39, 0.29) is 17.2 Å². The van der Waals surface area contributed by atoms with E-state index >= 15 is 0 Å². The summed E-state index contributed by atoms with van der Waals surface area (Å²) in [6.07, 6.45) is 3.30. The Balaban J connectivity index is 2.35. The van der Waals surface area contributed by atoms with Gasteiger partial charge in [0.15, 0.2) is 0 Å². The number of allylic oxidation sites excluding steroid dienone is 3. The average molecular weight is 332 g/mol. The summed E-state index contributed by atoms with van der Waals surface area (Å²) in [7, 11) is 0. The Hall–Kier alpha value is -3.10. The second-order valence-corrected chi connectivity index (χ2v) is 6.75. The van der Waals surface area contributed by atoms with Gasteiger partial charge in [0.1, 0.15) is 5.82 Å². The molecular formula is C20H17FN4. The first-order chi connectivity index (χ1) is 12.0. The molecule has 25 heavy (non-hydrogen) atoms. The maximum absolute atomic E-state index is 14.5. The summed E-state index contributed by atoms with van der Waals surface area (Å²) < 4.78 is 14.5. The minimum absolute atomic E-state index is 0.0645. The van der Waals surface area contributed by atoms with Crippen LogP contribution in [0.2, 0.25) is 0 Å². The molecule has 5 heteroatoms. The first-order valence-corrected chi connectivity index (χ1v) is 8.17. The van der Waals surface area contributed by atoms with Crippen molar-refractivity contribution in [3.8, 4) is 18.2 Å². The maximum atomic E-state index is 14.5. The fourth-order valence-electron chi connectivity index (χ4n) is 4.11. The predicted molar refractivity (Wildman–Crippen MR) is 89.6 cm³/mol. The highest BCUT2D eigenvalue weighted by Crippen LogP contribution is 2.55. The molecule has 1 aromatic carbocycles. The van der Waals surface area contributed by atoms with E-state index in [4.69, 9.17) is 5.73 Å². The van der Waals surface area contributed by atoms with Gasteiger partial charge >= 0.3 is 0 Å². The largest absolute Gasteiger partial charge is 0.399 e. The molecule has 0 bridgehead atoms. The van der Waals surface area contributed by atoms with Crippen molar-refractivity contribution in [1.82, 2.24) is 0 Å². The molecule has 3 unspecified atom stereocenters. The van der Waals surface area contributed by atoms with Gasteiger partial charge in [-0.1, -0.05) is 31.2 Å². The molecule has 2 N–H and O–H groups in total. The third-order valence-electron chi connectivity index (χ3n) is 5.33. The minimum Gasteiger partial charge on any atom is -0.399 e. The molecule has 0 aromatic heterocycles. The van der Waals surface area contributed by atoms with Crippen molar-refractivity contribution in [2.45, 2.75) is 25.7 Å². The molecule has 0 saturated carbocycles. The maximum Gasteiger partial charge on any atom is 0.204 e. The van der Waals surface area contributed by atoms with E-state index < -0.39 is 17.2 Å². The van der Waals surface area contributed by atoms with Crippen LogP contribution in [0, 0.1) is 57.1 Å². The molecule has 0 saturated heterocycles. The molecule has 0 fully saturated rings. The van der Waals surface area contributed by atoms with E-state index in [1.165, 1.54) is 6.07 Å². The van der Waals surface area contributed by atoms with Gasteiger partial charge in [-0.25, -0.2) is 4.39 Å². The Bertz CT molecular complexity index is 893. The molecule has 0 heterocycles. The molecule has 124 valence electrons. The summed E-state index contributed by atoms with van der Waals surface area (Å²) in [6, 6.07) is 12.4. The van der Waals surface area contributed by atoms with Crippen molar-refractivity contribution < 1.29 is 4.39 Å². The smallest absolute Gasteiger partial charge is 0.204 e. The number of rotatable bonds is 1. The van der Waals surface area contributed by atoms with Gasteiger partial charge in [-0.15, -0.1) is 0 Å². The zero-order valence-electron chi connectivity index (χ0n) is 13.8. The minimum atomic E-state index is -1.64. The van der Waals surface area contributed by atoms with Gasteiger partial charge in [-0.2, -0.15) is 15.8 Å². The molecular weight excluding hydrogens is 315 g/mol. The van der Waals surface area contributed by atoms with Gasteiger partial charge in [0.2, 0.25) is 5.41 Å². The number of nitrogens with zero attached hydrogens (tertiary/aromatic N) is 3. The molecule has 1 aromatic rings. The molecule has 0 radical (unpaired) electrons. The van der Waals surface area contributed by atoms with Crippen LogP contribution in [-0.4, -0.2) is 0 Å². The highest BCUT2D eigenvalue weighted by Gasteiger charge is 2.52. The molecule has 0 spiro atoms. The van der Waals surface area contributed by atoms with Crippen LogP contribution < -0.4 is 5.73 Å². The lowest BCUT2D eigenvalue weighted by Gasteiger charge is -2.43. The van der Waals surface area contributed by atoms with Crippen LogP contribution in [-0.2, 0) is 0 Å². The van der Waals surface area contributed by atoms with E-state index in [1.54, 1.807) is 18.2 Å². The first kappa shape index (κ1) is 16.7. The Morgan fingerprint density at radius 1 is 1.20 bits per heavy atom. The van der Waals surface area contributed by atoms with E-state index in [0.29, 0.717) is 23.5 Å². The lowest BCUT2D eigenvalue weighted by Crippen LogP contribution is -2.41. The summed E-state index contributed by atoms with van der Waals surface area (Å²) in [6.45, 7) is 2.07. The number of nitrogens with two attached hydrogens (primary N) is 1. The topological polar surface area (TPSA) is 97.4 Å². The summed E-state index contributed by atoms with van der Waals surface area (Å²) in [4.78, 5) is 0. The molecule has 2 aliphatic rings. The third-order valence-corrected chi connectivity index (χ3v) is 5.33. The van der Waals surface area contributed by atoms with Gasteiger partial charge in [0.05, 0.1) is 29.5 Å². The number of hydrogen-bond donors (Lipinski definition) is 1. The number of hydrogen-bond acceptors (Lipinski definition) is 4. The number of nitriles is 3. The molecule has 3 atom stereocenters. The Morgan fingerprint density at radius 3 is 2.48 bits per heavy atom. The van der Waals surface area contributed by atoms with E-state index in [2.05, 4.69) is 13.0 Å². The van der Waals surface area contributed by atoms with E-state index in [0.717, 1.165) is 6.42 Å². The summed E-state index contributed by atoms with van der Waals surface area (Å²) in [5.74, 6) is -0.957. The standard InChI is InChI=1S/C20H17FN4/c1-12-6-7-16-14(8-12)18(13-4-2-3-5-17(13)21)15(9-22)19(25)20(16,10-23)11-24/h2-5,7,12,14,18H,6,8,25H2,1H3. The number of fused-ring (bicyclic) bond motifs is 1. The molecule has 0 amide bonds. The fourth-order valence-corrected chi connectivity index (χ4v) is 4.11. The first-order valence-electron chi connectivity index (χ1n) is 8.17. The van der Waals surface area contributed by atoms with Crippen LogP contribution in [0.3, 0.4) is 0 Å². The highest BCUT2D eigenvalue weighted by atomic mass is 19.1. The van der Waals surface area contributed by atoms with Crippen molar-refractivity contribution in [2.24, 2.45) is 23.0 Å². The van der Waals surface area contributed by atoms with Gasteiger partial charge in [-0.05, 0) is 41.9 Å². The lowest BCUT2D eigenvalue weighted by molar-refractivity contribution is 0.330. The van der Waals surface area contributed by atoms with Crippen molar-refractivity contribution in [3.63, 3.8) is 0 Å². The number of halogens is 1. The summed E-state index contributed by atoms with van der Waals surface area (Å²) in [5, 5.41) is 29.2. The Labute approximate surface area is 146 Å². The van der Waals surface area contributed by atoms with Gasteiger partial charge in [0.25, 0.3) is 0 Å². The molecule has 4 nitrogen and oxygen atoms in total. The normalized spacial score (nSPS) is 27.3. The van der Waals surface area contributed by atoms with Crippen molar-refractivity contribution in [3.05, 3.63) is 58.6 Å². The van der Waals surface area contributed by atoms with Crippen molar-refractivity contribution >= 4 is 0 Å². The predicted octanol–water partition coefficient (Wildman–Crippen LogP) is 3.67. The molecule has 0 aliphatic heterocycles. The van der Waals surface area contributed by atoms with Crippen LogP contribution in [0.1, 0.15) is 31.2 Å².